The number of rotatable bonds is 5. The number of hydrogen-bond donors (Lipinski definition) is 4. The number of hydrogen-bond acceptors (Lipinski definition) is 5. The summed E-state index contributed by atoms with van der Waals surface area (Å²) in [5.41, 5.74) is 1.55. The topological polar surface area (TPSA) is 103 Å². The molecular weight excluding hydrogens is 286 g/mol. The third-order valence-electron chi connectivity index (χ3n) is 3.65. The Bertz CT molecular complexity index is 513. The van der Waals surface area contributed by atoms with Gasteiger partial charge in [0.1, 0.15) is 5.60 Å². The molecule has 0 radical (unpaired) electrons. The first-order valence-electron chi connectivity index (χ1n) is 7.26. The first-order chi connectivity index (χ1) is 10.7. The number of aliphatic hydroxyl groups excluding tert-OH is 1. The second kappa shape index (κ2) is 8.00. The number of aliphatic hydroxyl groups is 1. The number of piperidine rings is 1. The van der Waals surface area contributed by atoms with Crippen molar-refractivity contribution >= 4 is 11.7 Å². The Labute approximate surface area is 129 Å². The lowest BCUT2D eigenvalue weighted by Gasteiger charge is -2.37. The van der Waals surface area contributed by atoms with Crippen molar-refractivity contribution in [3.8, 4) is 0 Å². The number of nitrogens with zero attached hydrogens (tertiary/aromatic N) is 1. The molecule has 1 amide bonds. The fourth-order valence-corrected chi connectivity index (χ4v) is 2.50. The number of carbonyl (C=O) groups excluding carboxylic acids is 1. The molecule has 1 aliphatic heterocycles. The van der Waals surface area contributed by atoms with Gasteiger partial charge in [0.2, 0.25) is 0 Å². The Morgan fingerprint density at radius 1 is 1.32 bits per heavy atom. The van der Waals surface area contributed by atoms with Crippen LogP contribution in [0.2, 0.25) is 0 Å². The lowest BCUT2D eigenvalue weighted by atomic mass is 9.90. The molecule has 1 fully saturated rings. The van der Waals surface area contributed by atoms with Gasteiger partial charge in [-0.1, -0.05) is 18.2 Å². The molecule has 0 aliphatic carbocycles. The molecule has 7 nitrogen and oxygen atoms in total. The molecule has 22 heavy (non-hydrogen) atoms. The number of carbonyl (C=O) groups is 1. The summed E-state index contributed by atoms with van der Waals surface area (Å²) in [6.45, 7) is 1.32. The maximum absolute atomic E-state index is 12.2. The molecule has 2 rings (SSSR count). The first-order valence-corrected chi connectivity index (χ1v) is 7.26. The molecule has 0 bridgehead atoms. The summed E-state index contributed by atoms with van der Waals surface area (Å²) in [5.74, 6) is -0.376. The van der Waals surface area contributed by atoms with E-state index in [1.165, 1.54) is 0 Å². The van der Waals surface area contributed by atoms with Crippen molar-refractivity contribution in [2.45, 2.75) is 18.4 Å². The van der Waals surface area contributed by atoms with Crippen molar-refractivity contribution < 1.29 is 19.8 Å². The Morgan fingerprint density at radius 3 is 2.59 bits per heavy atom. The summed E-state index contributed by atoms with van der Waals surface area (Å²) in [4.78, 5) is 16.2. The van der Waals surface area contributed by atoms with E-state index in [9.17, 15) is 10.0 Å². The van der Waals surface area contributed by atoms with Crippen molar-refractivity contribution in [2.75, 3.05) is 26.3 Å². The predicted octanol–water partition coefficient (Wildman–Crippen LogP) is 0.335. The van der Waals surface area contributed by atoms with Gasteiger partial charge in [-0.15, -0.1) is 0 Å². The second-order valence-electron chi connectivity index (χ2n) is 5.06. The summed E-state index contributed by atoms with van der Waals surface area (Å²) >= 11 is 0. The molecular formula is C15H21N3O4. The quantitative estimate of drug-likeness (QED) is 0.355. The molecule has 7 heteroatoms. The molecule has 0 saturated carbocycles. The van der Waals surface area contributed by atoms with Crippen LogP contribution >= 0.6 is 0 Å². The van der Waals surface area contributed by atoms with Gasteiger partial charge < -0.3 is 15.2 Å². The lowest BCUT2D eigenvalue weighted by molar-refractivity contribution is -0.0353. The minimum atomic E-state index is -0.896. The third kappa shape index (κ3) is 3.89. The smallest absolute Gasteiger partial charge is 0.278 e. The highest BCUT2D eigenvalue weighted by atomic mass is 16.5. The Kier molecular flexibility index (Phi) is 6.02. The summed E-state index contributed by atoms with van der Waals surface area (Å²) in [7, 11) is 0. The zero-order chi connectivity index (χ0) is 15.8. The number of aliphatic imine (C=N–C) groups is 1. The molecule has 0 spiro atoms. The van der Waals surface area contributed by atoms with Crippen LogP contribution in [-0.2, 0) is 4.74 Å². The van der Waals surface area contributed by atoms with Gasteiger partial charge in [0.15, 0.2) is 5.84 Å². The van der Waals surface area contributed by atoms with E-state index in [2.05, 4.69) is 10.3 Å². The SMILES string of the molecule is O=C(N=C(NO)C1(OCCO)CCNCC1)c1ccccc1. The largest absolute Gasteiger partial charge is 0.394 e. The molecule has 120 valence electrons. The van der Waals surface area contributed by atoms with Crippen LogP contribution in [0.25, 0.3) is 0 Å². The number of nitrogens with one attached hydrogen (secondary N) is 2. The van der Waals surface area contributed by atoms with Crippen LogP contribution in [0, 0.1) is 0 Å². The molecule has 0 atom stereocenters. The van der Waals surface area contributed by atoms with E-state index in [0.717, 1.165) is 0 Å². The zero-order valence-electron chi connectivity index (χ0n) is 12.3. The van der Waals surface area contributed by atoms with Gasteiger partial charge in [-0.05, 0) is 38.1 Å². The number of benzene rings is 1. The first kappa shape index (κ1) is 16.6. The van der Waals surface area contributed by atoms with Gasteiger partial charge in [0, 0.05) is 5.56 Å². The molecule has 1 saturated heterocycles. The predicted molar refractivity (Wildman–Crippen MR) is 81.0 cm³/mol. The fraction of sp³-hybridized carbons (Fsp3) is 0.467. The number of ether oxygens (including phenoxy) is 1. The number of hydroxylamine groups is 1. The van der Waals surface area contributed by atoms with Gasteiger partial charge in [0.05, 0.1) is 13.2 Å². The fourth-order valence-electron chi connectivity index (χ4n) is 2.50. The van der Waals surface area contributed by atoms with Crippen LogP contribution in [-0.4, -0.2) is 54.0 Å². The normalized spacial score (nSPS) is 18.0. The van der Waals surface area contributed by atoms with E-state index >= 15 is 0 Å². The van der Waals surface area contributed by atoms with Gasteiger partial charge >= 0.3 is 0 Å². The standard InChI is InChI=1S/C15H21N3O4/c19-10-11-22-15(6-8-16-9-7-15)14(18-21)17-13(20)12-4-2-1-3-5-12/h1-5,16,19,21H,6-11H2,(H,17,18,20). The summed E-state index contributed by atoms with van der Waals surface area (Å²) in [6, 6.07) is 8.62. The average molecular weight is 307 g/mol. The number of amides is 1. The molecule has 1 aromatic rings. The van der Waals surface area contributed by atoms with Crippen LogP contribution in [0.4, 0.5) is 0 Å². The molecule has 4 N–H and O–H groups in total. The van der Waals surface area contributed by atoms with Crippen LogP contribution in [0.1, 0.15) is 23.2 Å². The zero-order valence-corrected chi connectivity index (χ0v) is 12.3. The van der Waals surface area contributed by atoms with E-state index in [0.29, 0.717) is 31.5 Å². The highest BCUT2D eigenvalue weighted by Gasteiger charge is 2.39. The van der Waals surface area contributed by atoms with E-state index in [1.54, 1.807) is 24.3 Å². The maximum atomic E-state index is 12.2. The third-order valence-corrected chi connectivity index (χ3v) is 3.65. The van der Waals surface area contributed by atoms with Gasteiger partial charge in [0.25, 0.3) is 5.91 Å². The number of amidine groups is 1. The van der Waals surface area contributed by atoms with Crippen LogP contribution in [0.5, 0.6) is 0 Å². The van der Waals surface area contributed by atoms with Crippen LogP contribution in [0.3, 0.4) is 0 Å². The Hall–Kier alpha value is -1.80. The summed E-state index contributed by atoms with van der Waals surface area (Å²) in [5, 5.41) is 21.6. The minimum Gasteiger partial charge on any atom is -0.394 e. The molecule has 1 aromatic carbocycles. The van der Waals surface area contributed by atoms with Crippen molar-refractivity contribution in [3.05, 3.63) is 35.9 Å². The Morgan fingerprint density at radius 2 is 2.00 bits per heavy atom. The van der Waals surface area contributed by atoms with E-state index in [4.69, 9.17) is 9.84 Å². The average Bonchev–Trinajstić information content (AvgIpc) is 2.59. The van der Waals surface area contributed by atoms with Crippen molar-refractivity contribution in [1.29, 1.82) is 0 Å². The minimum absolute atomic E-state index is 0.0799. The van der Waals surface area contributed by atoms with E-state index in [-0.39, 0.29) is 19.0 Å². The van der Waals surface area contributed by atoms with E-state index in [1.807, 2.05) is 11.5 Å². The van der Waals surface area contributed by atoms with Crippen molar-refractivity contribution in [1.82, 2.24) is 10.8 Å². The van der Waals surface area contributed by atoms with Crippen molar-refractivity contribution in [2.24, 2.45) is 4.99 Å². The molecule has 0 unspecified atom stereocenters. The highest BCUT2D eigenvalue weighted by molar-refractivity contribution is 6.05. The van der Waals surface area contributed by atoms with E-state index < -0.39 is 11.5 Å². The van der Waals surface area contributed by atoms with Crippen LogP contribution in [0.15, 0.2) is 35.3 Å². The molecule has 1 heterocycles. The second-order valence-corrected chi connectivity index (χ2v) is 5.06. The maximum Gasteiger partial charge on any atom is 0.278 e. The van der Waals surface area contributed by atoms with Gasteiger partial charge in [-0.2, -0.15) is 4.99 Å². The van der Waals surface area contributed by atoms with Gasteiger partial charge in [-0.25, -0.2) is 0 Å². The molecule has 0 aromatic heterocycles. The van der Waals surface area contributed by atoms with Crippen LogP contribution < -0.4 is 10.8 Å². The highest BCUT2D eigenvalue weighted by Crippen LogP contribution is 2.24. The summed E-state index contributed by atoms with van der Waals surface area (Å²) in [6.07, 6.45) is 1.09. The molecule has 1 aliphatic rings. The van der Waals surface area contributed by atoms with Gasteiger partial charge in [-0.3, -0.25) is 15.5 Å². The monoisotopic (exact) mass is 307 g/mol. The summed E-state index contributed by atoms with van der Waals surface area (Å²) < 4.78 is 5.71. The Balaban J connectivity index is 2.25. The lowest BCUT2D eigenvalue weighted by Crippen LogP contribution is -2.54. The van der Waals surface area contributed by atoms with Crippen molar-refractivity contribution in [3.63, 3.8) is 0 Å².